The molecule has 0 atom stereocenters. The third kappa shape index (κ3) is 2.64. The van der Waals surface area contributed by atoms with Crippen molar-refractivity contribution in [2.45, 2.75) is 19.3 Å². The van der Waals surface area contributed by atoms with E-state index in [0.29, 0.717) is 5.56 Å². The number of esters is 1. The van der Waals surface area contributed by atoms with Gasteiger partial charge in [0.15, 0.2) is 0 Å². The number of hydrogen-bond donors (Lipinski definition) is 2. The van der Waals surface area contributed by atoms with Crippen LogP contribution >= 0.6 is 0 Å². The van der Waals surface area contributed by atoms with Crippen molar-refractivity contribution in [2.24, 2.45) is 11.1 Å². The van der Waals surface area contributed by atoms with Crippen molar-refractivity contribution in [2.75, 3.05) is 25.5 Å². The summed E-state index contributed by atoms with van der Waals surface area (Å²) >= 11 is 0. The van der Waals surface area contributed by atoms with Gasteiger partial charge in [-0.1, -0.05) is 6.42 Å². The molecule has 4 heteroatoms. The Bertz CT molecular complexity index is 405. The predicted octanol–water partition coefficient (Wildman–Crippen LogP) is 2.01. The first-order chi connectivity index (χ1) is 8.69. The molecular formula is C14H20N2O2. The number of carbonyl (C=O) groups excluding carboxylic acids is 1. The molecule has 1 aliphatic rings. The summed E-state index contributed by atoms with van der Waals surface area (Å²) in [6, 6.07) is 7.33. The molecule has 0 heterocycles. The molecule has 0 bridgehead atoms. The highest BCUT2D eigenvalue weighted by Crippen LogP contribution is 2.39. The third-order valence-corrected chi connectivity index (χ3v) is 3.82. The van der Waals surface area contributed by atoms with Crippen LogP contribution in [0.25, 0.3) is 0 Å². The highest BCUT2D eigenvalue weighted by Gasteiger charge is 2.35. The Morgan fingerprint density at radius 1 is 1.39 bits per heavy atom. The van der Waals surface area contributed by atoms with E-state index >= 15 is 0 Å². The zero-order valence-corrected chi connectivity index (χ0v) is 10.7. The van der Waals surface area contributed by atoms with Gasteiger partial charge in [0.05, 0.1) is 12.7 Å². The van der Waals surface area contributed by atoms with Crippen LogP contribution in [0, 0.1) is 5.41 Å². The highest BCUT2D eigenvalue weighted by molar-refractivity contribution is 5.89. The van der Waals surface area contributed by atoms with E-state index in [1.165, 1.54) is 26.4 Å². The van der Waals surface area contributed by atoms with Crippen molar-refractivity contribution in [1.82, 2.24) is 0 Å². The second kappa shape index (κ2) is 5.40. The molecular weight excluding hydrogens is 228 g/mol. The minimum Gasteiger partial charge on any atom is -0.465 e. The number of anilines is 1. The molecule has 1 saturated carbocycles. The second-order valence-corrected chi connectivity index (χ2v) is 4.98. The molecule has 18 heavy (non-hydrogen) atoms. The Labute approximate surface area is 108 Å². The number of ether oxygens (including phenoxy) is 1. The molecule has 0 unspecified atom stereocenters. The van der Waals surface area contributed by atoms with E-state index in [-0.39, 0.29) is 11.4 Å². The lowest BCUT2D eigenvalue weighted by molar-refractivity contribution is 0.0601. The number of nitrogens with one attached hydrogen (secondary N) is 1. The standard InChI is InChI=1S/C14H20N2O2/c1-18-13(17)11-3-5-12(6-4-11)16-10-14(9-15)7-2-8-14/h3-6,16H,2,7-10,15H2,1H3. The van der Waals surface area contributed by atoms with Crippen LogP contribution in [0.3, 0.4) is 0 Å². The van der Waals surface area contributed by atoms with E-state index in [1.54, 1.807) is 12.1 Å². The van der Waals surface area contributed by atoms with Crippen LogP contribution in [0.2, 0.25) is 0 Å². The van der Waals surface area contributed by atoms with Gasteiger partial charge >= 0.3 is 5.97 Å². The number of nitrogens with two attached hydrogens (primary N) is 1. The molecule has 0 aromatic heterocycles. The van der Waals surface area contributed by atoms with Gasteiger partial charge in [-0.05, 0) is 49.1 Å². The SMILES string of the molecule is COC(=O)c1ccc(NCC2(CN)CCC2)cc1. The monoisotopic (exact) mass is 248 g/mol. The molecule has 0 amide bonds. The average molecular weight is 248 g/mol. The van der Waals surface area contributed by atoms with Crippen molar-refractivity contribution in [3.8, 4) is 0 Å². The normalized spacial score (nSPS) is 16.8. The highest BCUT2D eigenvalue weighted by atomic mass is 16.5. The smallest absolute Gasteiger partial charge is 0.337 e. The minimum absolute atomic E-state index is 0.279. The minimum atomic E-state index is -0.307. The second-order valence-electron chi connectivity index (χ2n) is 4.98. The molecule has 1 aromatic rings. The fourth-order valence-corrected chi connectivity index (χ4v) is 2.26. The fourth-order valence-electron chi connectivity index (χ4n) is 2.26. The van der Waals surface area contributed by atoms with E-state index < -0.39 is 0 Å². The molecule has 1 aromatic carbocycles. The Morgan fingerprint density at radius 2 is 2.06 bits per heavy atom. The van der Waals surface area contributed by atoms with Crippen LogP contribution in [0.1, 0.15) is 29.6 Å². The Hall–Kier alpha value is -1.55. The molecule has 1 fully saturated rings. The molecule has 0 aliphatic heterocycles. The van der Waals surface area contributed by atoms with Crippen molar-refractivity contribution in [3.05, 3.63) is 29.8 Å². The van der Waals surface area contributed by atoms with E-state index in [1.807, 2.05) is 12.1 Å². The van der Waals surface area contributed by atoms with Gasteiger partial charge in [-0.2, -0.15) is 0 Å². The zero-order valence-electron chi connectivity index (χ0n) is 10.7. The van der Waals surface area contributed by atoms with Gasteiger partial charge in [-0.3, -0.25) is 0 Å². The lowest BCUT2D eigenvalue weighted by atomic mass is 9.69. The van der Waals surface area contributed by atoms with Gasteiger partial charge in [0.1, 0.15) is 0 Å². The van der Waals surface area contributed by atoms with Crippen LogP contribution in [0.15, 0.2) is 24.3 Å². The summed E-state index contributed by atoms with van der Waals surface area (Å²) in [6.07, 6.45) is 3.69. The zero-order chi connectivity index (χ0) is 13.0. The summed E-state index contributed by atoms with van der Waals surface area (Å²) in [5.74, 6) is -0.307. The number of carbonyl (C=O) groups is 1. The first-order valence-electron chi connectivity index (χ1n) is 6.31. The molecule has 4 nitrogen and oxygen atoms in total. The Balaban J connectivity index is 1.92. The topological polar surface area (TPSA) is 64.3 Å². The fraction of sp³-hybridized carbons (Fsp3) is 0.500. The van der Waals surface area contributed by atoms with Crippen molar-refractivity contribution in [3.63, 3.8) is 0 Å². The maximum absolute atomic E-state index is 11.3. The molecule has 3 N–H and O–H groups in total. The van der Waals surface area contributed by atoms with Crippen LogP contribution in [-0.2, 0) is 4.74 Å². The average Bonchev–Trinajstić information content (AvgIpc) is 2.38. The van der Waals surface area contributed by atoms with Crippen molar-refractivity contribution < 1.29 is 9.53 Å². The van der Waals surface area contributed by atoms with Gasteiger partial charge in [0, 0.05) is 12.2 Å². The first-order valence-corrected chi connectivity index (χ1v) is 6.31. The molecule has 1 aliphatic carbocycles. The van der Waals surface area contributed by atoms with Gasteiger partial charge in [-0.25, -0.2) is 4.79 Å². The summed E-state index contributed by atoms with van der Waals surface area (Å²) < 4.78 is 4.66. The largest absolute Gasteiger partial charge is 0.465 e. The van der Waals surface area contributed by atoms with E-state index in [0.717, 1.165) is 18.8 Å². The summed E-state index contributed by atoms with van der Waals surface area (Å²) in [5, 5.41) is 3.39. The number of benzene rings is 1. The summed E-state index contributed by atoms with van der Waals surface area (Å²) in [5.41, 5.74) is 7.68. The van der Waals surface area contributed by atoms with Crippen LogP contribution < -0.4 is 11.1 Å². The Kier molecular flexibility index (Phi) is 3.87. The lowest BCUT2D eigenvalue weighted by Gasteiger charge is -2.41. The van der Waals surface area contributed by atoms with Crippen LogP contribution in [0.4, 0.5) is 5.69 Å². The summed E-state index contributed by atoms with van der Waals surface area (Å²) in [6.45, 7) is 1.64. The predicted molar refractivity (Wildman–Crippen MR) is 71.6 cm³/mol. The molecule has 2 rings (SSSR count). The van der Waals surface area contributed by atoms with Crippen molar-refractivity contribution >= 4 is 11.7 Å². The van der Waals surface area contributed by atoms with E-state index in [4.69, 9.17) is 5.73 Å². The Morgan fingerprint density at radius 3 is 2.50 bits per heavy atom. The molecule has 0 spiro atoms. The third-order valence-electron chi connectivity index (χ3n) is 3.82. The summed E-state index contributed by atoms with van der Waals surface area (Å²) in [4.78, 5) is 11.3. The van der Waals surface area contributed by atoms with Crippen LogP contribution in [0.5, 0.6) is 0 Å². The maximum Gasteiger partial charge on any atom is 0.337 e. The number of methoxy groups -OCH3 is 1. The number of hydrogen-bond acceptors (Lipinski definition) is 4. The molecule has 0 radical (unpaired) electrons. The summed E-state index contributed by atoms with van der Waals surface area (Å²) in [7, 11) is 1.39. The quantitative estimate of drug-likeness (QED) is 0.782. The van der Waals surface area contributed by atoms with Gasteiger partial charge in [0.25, 0.3) is 0 Å². The molecule has 98 valence electrons. The van der Waals surface area contributed by atoms with E-state index in [9.17, 15) is 4.79 Å². The van der Waals surface area contributed by atoms with Gasteiger partial charge < -0.3 is 15.8 Å². The van der Waals surface area contributed by atoms with Crippen molar-refractivity contribution in [1.29, 1.82) is 0 Å². The van der Waals surface area contributed by atoms with E-state index in [2.05, 4.69) is 10.1 Å². The van der Waals surface area contributed by atoms with Crippen LogP contribution in [-0.4, -0.2) is 26.2 Å². The maximum atomic E-state index is 11.3. The first kappa shape index (κ1) is 12.9. The molecule has 0 saturated heterocycles. The lowest BCUT2D eigenvalue weighted by Crippen LogP contribution is -2.42. The van der Waals surface area contributed by atoms with Gasteiger partial charge in [0.2, 0.25) is 0 Å². The van der Waals surface area contributed by atoms with Gasteiger partial charge in [-0.15, -0.1) is 0 Å². The number of rotatable bonds is 5.